The first-order valence-corrected chi connectivity index (χ1v) is 8.64. The van der Waals surface area contributed by atoms with Gasteiger partial charge in [0.15, 0.2) is 12.1 Å². The first-order valence-electron chi connectivity index (χ1n) is 8.64. The lowest BCUT2D eigenvalue weighted by atomic mass is 10.0. The molecule has 0 radical (unpaired) electrons. The third kappa shape index (κ3) is 2.58. The second-order valence-corrected chi connectivity index (χ2v) is 6.97. The van der Waals surface area contributed by atoms with Gasteiger partial charge in [-0.25, -0.2) is 4.90 Å². The molecule has 26 heavy (non-hydrogen) atoms. The number of benzene rings is 2. The number of anilines is 1. The van der Waals surface area contributed by atoms with E-state index in [0.29, 0.717) is 12.2 Å². The van der Waals surface area contributed by atoms with E-state index >= 15 is 0 Å². The third-order valence-electron chi connectivity index (χ3n) is 4.99. The van der Waals surface area contributed by atoms with Crippen molar-refractivity contribution in [3.05, 3.63) is 64.7 Å². The average molecular weight is 348 g/mol. The molecule has 132 valence electrons. The number of aryl methyl sites for hydroxylation is 3. The van der Waals surface area contributed by atoms with Crippen molar-refractivity contribution in [3.63, 3.8) is 0 Å². The highest BCUT2D eigenvalue weighted by atomic mass is 16.2. The van der Waals surface area contributed by atoms with Crippen LogP contribution in [0.15, 0.2) is 52.8 Å². The van der Waals surface area contributed by atoms with Gasteiger partial charge in [-0.1, -0.05) is 46.7 Å². The Morgan fingerprint density at radius 3 is 2.35 bits per heavy atom. The highest BCUT2D eigenvalue weighted by Crippen LogP contribution is 2.33. The van der Waals surface area contributed by atoms with Crippen molar-refractivity contribution in [2.24, 2.45) is 10.3 Å². The zero-order valence-electron chi connectivity index (χ0n) is 15.0. The molecule has 0 N–H and O–H groups in total. The van der Waals surface area contributed by atoms with Gasteiger partial charge in [0.05, 0.1) is 12.2 Å². The van der Waals surface area contributed by atoms with Gasteiger partial charge in [0, 0.05) is 0 Å². The van der Waals surface area contributed by atoms with E-state index in [-0.39, 0.29) is 11.8 Å². The summed E-state index contributed by atoms with van der Waals surface area (Å²) in [6.45, 7) is 6.48. The minimum Gasteiger partial charge on any atom is -0.271 e. The van der Waals surface area contributed by atoms with Crippen LogP contribution in [-0.2, 0) is 16.1 Å². The molecule has 2 aromatic rings. The molecule has 0 aromatic heterocycles. The highest BCUT2D eigenvalue weighted by Gasteiger charge is 2.54. The maximum absolute atomic E-state index is 13.0. The first-order chi connectivity index (χ1) is 12.5. The number of fused-ring (bicyclic) bond motifs is 1. The number of nitrogens with zero attached hydrogens (tertiary/aromatic N) is 4. The Morgan fingerprint density at radius 2 is 1.62 bits per heavy atom. The maximum Gasteiger partial charge on any atom is 0.263 e. The Hall–Kier alpha value is -3.02. The first kappa shape index (κ1) is 16.4. The van der Waals surface area contributed by atoms with Crippen molar-refractivity contribution >= 4 is 17.5 Å². The van der Waals surface area contributed by atoms with E-state index in [0.717, 1.165) is 22.3 Å². The molecular formula is C20H20N4O2. The summed E-state index contributed by atoms with van der Waals surface area (Å²) in [6, 6.07) is 12.1. The molecule has 2 aliphatic heterocycles. The van der Waals surface area contributed by atoms with Crippen LogP contribution in [0.3, 0.4) is 0 Å². The molecule has 2 aromatic carbocycles. The molecule has 0 unspecified atom stereocenters. The molecule has 4 rings (SSSR count). The number of imide groups is 1. The van der Waals surface area contributed by atoms with Crippen molar-refractivity contribution in [2.45, 2.75) is 39.4 Å². The van der Waals surface area contributed by atoms with Crippen LogP contribution >= 0.6 is 0 Å². The van der Waals surface area contributed by atoms with Gasteiger partial charge in [0.1, 0.15) is 0 Å². The largest absolute Gasteiger partial charge is 0.271 e. The van der Waals surface area contributed by atoms with Gasteiger partial charge in [-0.3, -0.25) is 14.6 Å². The summed E-state index contributed by atoms with van der Waals surface area (Å²) in [5, 5.41) is 9.85. The van der Waals surface area contributed by atoms with E-state index in [2.05, 4.69) is 28.5 Å². The fraction of sp³-hybridized carbons (Fsp3) is 0.300. The molecule has 0 aliphatic carbocycles. The van der Waals surface area contributed by atoms with E-state index in [4.69, 9.17) is 0 Å². The van der Waals surface area contributed by atoms with E-state index in [1.165, 1.54) is 4.90 Å². The van der Waals surface area contributed by atoms with Crippen LogP contribution in [0.1, 0.15) is 22.3 Å². The van der Waals surface area contributed by atoms with Crippen LogP contribution in [0.25, 0.3) is 0 Å². The van der Waals surface area contributed by atoms with Crippen LogP contribution < -0.4 is 4.90 Å². The van der Waals surface area contributed by atoms with E-state index in [9.17, 15) is 9.59 Å². The molecule has 2 atom stereocenters. The van der Waals surface area contributed by atoms with Crippen LogP contribution in [0.5, 0.6) is 0 Å². The lowest BCUT2D eigenvalue weighted by molar-refractivity contribution is -0.123. The molecule has 0 saturated carbocycles. The van der Waals surface area contributed by atoms with Gasteiger partial charge in [-0.05, 0) is 44.0 Å². The lowest BCUT2D eigenvalue weighted by Crippen LogP contribution is -2.39. The van der Waals surface area contributed by atoms with E-state index < -0.39 is 12.1 Å². The molecule has 2 aliphatic rings. The molecule has 1 saturated heterocycles. The van der Waals surface area contributed by atoms with E-state index in [1.807, 2.05) is 32.9 Å². The summed E-state index contributed by atoms with van der Waals surface area (Å²) in [7, 11) is 0. The number of amides is 2. The fourth-order valence-electron chi connectivity index (χ4n) is 3.45. The predicted molar refractivity (Wildman–Crippen MR) is 97.6 cm³/mol. The molecule has 6 heteroatoms. The zero-order valence-corrected chi connectivity index (χ0v) is 15.0. The quantitative estimate of drug-likeness (QED) is 0.801. The summed E-state index contributed by atoms with van der Waals surface area (Å²) in [5.74, 6) is -0.574. The van der Waals surface area contributed by atoms with E-state index in [1.54, 1.807) is 17.1 Å². The fourth-order valence-corrected chi connectivity index (χ4v) is 3.45. The van der Waals surface area contributed by atoms with Crippen molar-refractivity contribution in [1.29, 1.82) is 0 Å². The Labute approximate surface area is 152 Å². The molecule has 2 heterocycles. The topological polar surface area (TPSA) is 65.3 Å². The van der Waals surface area contributed by atoms with Gasteiger partial charge >= 0.3 is 0 Å². The average Bonchev–Trinajstić information content (AvgIpc) is 3.13. The molecule has 0 bridgehead atoms. The Morgan fingerprint density at radius 1 is 0.923 bits per heavy atom. The lowest BCUT2D eigenvalue weighted by Gasteiger charge is -2.21. The van der Waals surface area contributed by atoms with Crippen LogP contribution in [0.4, 0.5) is 5.69 Å². The van der Waals surface area contributed by atoms with Gasteiger partial charge < -0.3 is 0 Å². The summed E-state index contributed by atoms with van der Waals surface area (Å²) >= 11 is 0. The summed E-state index contributed by atoms with van der Waals surface area (Å²) in [6.07, 6.45) is 0. The van der Waals surface area contributed by atoms with Gasteiger partial charge in [0.25, 0.3) is 11.8 Å². The molecular weight excluding hydrogens is 328 g/mol. The predicted octanol–water partition coefficient (Wildman–Crippen LogP) is 3.11. The number of rotatable bonds is 3. The molecule has 1 fully saturated rings. The number of carbonyl (C=O) groups excluding carboxylic acids is 2. The van der Waals surface area contributed by atoms with Crippen molar-refractivity contribution in [3.8, 4) is 0 Å². The number of hydrogen-bond acceptors (Lipinski definition) is 5. The molecule has 2 amide bonds. The number of carbonyl (C=O) groups is 2. The molecule has 0 spiro atoms. The number of hydrogen-bond donors (Lipinski definition) is 0. The smallest absolute Gasteiger partial charge is 0.263 e. The summed E-state index contributed by atoms with van der Waals surface area (Å²) in [5.41, 5.74) is 5.01. The van der Waals surface area contributed by atoms with Gasteiger partial charge in [-0.2, -0.15) is 5.11 Å². The minimum atomic E-state index is -0.756. The van der Waals surface area contributed by atoms with Crippen molar-refractivity contribution < 1.29 is 9.59 Å². The second-order valence-electron chi connectivity index (χ2n) is 6.97. The zero-order chi connectivity index (χ0) is 18.4. The SMILES string of the molecule is Cc1ccc(N2C(=O)[C@@H]3N=NN(Cc4cc(C)ccc4C)[C@H]3C2=O)cc1. The Kier molecular flexibility index (Phi) is 3.83. The van der Waals surface area contributed by atoms with Crippen molar-refractivity contribution in [1.82, 2.24) is 5.01 Å². The maximum atomic E-state index is 13.0. The monoisotopic (exact) mass is 348 g/mol. The van der Waals surface area contributed by atoms with Gasteiger partial charge in [-0.15, -0.1) is 0 Å². The highest BCUT2D eigenvalue weighted by molar-refractivity contribution is 6.25. The summed E-state index contributed by atoms with van der Waals surface area (Å²) in [4.78, 5) is 26.9. The summed E-state index contributed by atoms with van der Waals surface area (Å²) < 4.78 is 0. The molecule has 6 nitrogen and oxygen atoms in total. The minimum absolute atomic E-state index is 0.265. The van der Waals surface area contributed by atoms with Crippen molar-refractivity contribution in [2.75, 3.05) is 4.90 Å². The van der Waals surface area contributed by atoms with Crippen LogP contribution in [0, 0.1) is 20.8 Å². The van der Waals surface area contributed by atoms with Crippen LogP contribution in [0.2, 0.25) is 0 Å². The van der Waals surface area contributed by atoms with Gasteiger partial charge in [0.2, 0.25) is 0 Å². The van der Waals surface area contributed by atoms with Crippen LogP contribution in [-0.4, -0.2) is 28.9 Å². The normalized spacial score (nSPS) is 21.7. The Balaban J connectivity index is 1.62. The Bertz CT molecular complexity index is 920. The standard InChI is InChI=1S/C20H20N4O2/c1-12-5-8-16(9-6-12)24-19(25)17-18(20(24)26)23(22-21-17)11-15-10-13(2)4-7-14(15)3/h4-10,17-18H,11H2,1-3H3/t17-,18-/m1/s1. The third-order valence-corrected chi connectivity index (χ3v) is 4.99. The second kappa shape index (κ2) is 6.05.